The van der Waals surface area contributed by atoms with Gasteiger partial charge in [0.1, 0.15) is 0 Å². The fraction of sp³-hybridized carbons (Fsp3) is 0.107. The number of rotatable bonds is 9. The fourth-order valence-corrected chi connectivity index (χ4v) is 9.11. The normalized spacial score (nSPS) is 18.2. The summed E-state index contributed by atoms with van der Waals surface area (Å²) in [5.74, 6) is -2.41. The molecule has 1 heterocycles. The van der Waals surface area contributed by atoms with Gasteiger partial charge in [-0.25, -0.2) is 0 Å². The molecule has 0 atom stereocenters. The summed E-state index contributed by atoms with van der Waals surface area (Å²) in [7, 11) is -6.82. The van der Waals surface area contributed by atoms with E-state index in [1.807, 2.05) is 0 Å². The standard InChI is InChI=1S/C28H19Cl2F5NO4P/c29-27(32,33)26(28(30,34)35)36-25(20-16-18-21(31)19-17-20)40-41(26,37-22-10-4-1-5-11-22,38-23-12-6-2-7-13-23)39-24-14-8-3-9-15-24/h1-19H. The Morgan fingerprint density at radius 1 is 0.610 bits per heavy atom. The van der Waals surface area contributed by atoms with Gasteiger partial charge in [-0.3, -0.25) is 0 Å². The Balaban J connectivity index is 1.93. The molecule has 0 fully saturated rings. The second-order valence-electron chi connectivity index (χ2n) is 8.71. The van der Waals surface area contributed by atoms with Crippen molar-refractivity contribution < 1.29 is 40.0 Å². The molecule has 214 valence electrons. The summed E-state index contributed by atoms with van der Waals surface area (Å²) >= 11 is 11.2. The van der Waals surface area contributed by atoms with Crippen molar-refractivity contribution in [1.29, 1.82) is 0 Å². The van der Waals surface area contributed by atoms with E-state index in [-0.39, 0.29) is 22.8 Å². The summed E-state index contributed by atoms with van der Waals surface area (Å²) in [5, 5.41) is -14.5. The molecule has 4 aromatic rings. The average Bonchev–Trinajstić information content (AvgIpc) is 3.23. The third kappa shape index (κ3) is 4.94. The number of para-hydroxylation sites is 3. The van der Waals surface area contributed by atoms with E-state index in [2.05, 4.69) is 4.99 Å². The van der Waals surface area contributed by atoms with Gasteiger partial charge >= 0.3 is 242 Å². The van der Waals surface area contributed by atoms with Gasteiger partial charge in [-0.15, -0.1) is 0 Å². The maximum absolute atomic E-state index is 15.9. The Kier molecular flexibility index (Phi) is 7.30. The molecule has 5 rings (SSSR count). The SMILES string of the molecule is Fc1ccc(C2=NC(C(F)(F)Cl)(C(F)(F)Cl)P(Oc3ccccc3)(Oc3ccccc3)(Oc3ccccc3)O2)cc1. The first-order valence-corrected chi connectivity index (χ1v) is 14.5. The molecule has 0 N–H and O–H groups in total. The van der Waals surface area contributed by atoms with Crippen LogP contribution in [0, 0.1) is 5.82 Å². The summed E-state index contributed by atoms with van der Waals surface area (Å²) in [6.45, 7) is 0. The zero-order chi connectivity index (χ0) is 29.4. The molecule has 41 heavy (non-hydrogen) atoms. The van der Waals surface area contributed by atoms with Crippen molar-refractivity contribution in [3.8, 4) is 17.2 Å². The minimum absolute atomic E-state index is 0.200. The Bertz CT molecular complexity index is 1420. The van der Waals surface area contributed by atoms with Crippen LogP contribution in [0.4, 0.5) is 22.0 Å². The molecule has 1 aliphatic heterocycles. The topological polar surface area (TPSA) is 49.3 Å². The molecule has 13 heteroatoms. The van der Waals surface area contributed by atoms with E-state index in [1.54, 1.807) is 18.2 Å². The van der Waals surface area contributed by atoms with Crippen LogP contribution in [0.2, 0.25) is 0 Å². The van der Waals surface area contributed by atoms with Crippen LogP contribution in [0.1, 0.15) is 5.56 Å². The molecule has 0 aromatic heterocycles. The maximum atomic E-state index is 15.9. The molecule has 0 saturated carbocycles. The van der Waals surface area contributed by atoms with E-state index in [9.17, 15) is 4.39 Å². The van der Waals surface area contributed by atoms with Crippen molar-refractivity contribution in [3.05, 3.63) is 127 Å². The Hall–Kier alpha value is -3.59. The van der Waals surface area contributed by atoms with Gasteiger partial charge in [-0.2, -0.15) is 0 Å². The number of halogens is 7. The number of aliphatic imine (C=N–C) groups is 1. The van der Waals surface area contributed by atoms with Crippen LogP contribution in [0.15, 0.2) is 120 Å². The molecule has 0 saturated heterocycles. The van der Waals surface area contributed by atoms with E-state index < -0.39 is 35.3 Å². The number of hydrogen-bond donors (Lipinski definition) is 0. The predicted octanol–water partition coefficient (Wildman–Crippen LogP) is 9.41. The molecule has 1 aliphatic rings. The zero-order valence-corrected chi connectivity index (χ0v) is 23.0. The van der Waals surface area contributed by atoms with Gasteiger partial charge in [-0.1, -0.05) is 0 Å². The van der Waals surface area contributed by atoms with Crippen LogP contribution < -0.4 is 13.6 Å². The van der Waals surface area contributed by atoms with Crippen LogP contribution in [0.5, 0.6) is 17.2 Å². The van der Waals surface area contributed by atoms with Gasteiger partial charge in [0.05, 0.1) is 0 Å². The number of nitrogens with zero attached hydrogens (tertiary/aromatic N) is 1. The second-order valence-corrected chi connectivity index (χ2v) is 12.7. The van der Waals surface area contributed by atoms with Crippen LogP contribution >= 0.6 is 30.7 Å². The third-order valence-corrected chi connectivity index (χ3v) is 10.5. The van der Waals surface area contributed by atoms with E-state index >= 15 is 17.6 Å². The molecule has 0 bridgehead atoms. The molecular weight excluding hydrogens is 611 g/mol. The number of alkyl halides is 6. The number of hydrogen-bond acceptors (Lipinski definition) is 5. The van der Waals surface area contributed by atoms with Crippen molar-refractivity contribution in [1.82, 2.24) is 0 Å². The van der Waals surface area contributed by atoms with Gasteiger partial charge in [0.15, 0.2) is 0 Å². The summed E-state index contributed by atoms with van der Waals surface area (Å²) < 4.78 is 102. The molecule has 0 unspecified atom stereocenters. The fourth-order valence-electron chi connectivity index (χ4n) is 4.17. The van der Waals surface area contributed by atoms with Gasteiger partial charge in [0.2, 0.25) is 0 Å². The third-order valence-electron chi connectivity index (χ3n) is 5.94. The Morgan fingerprint density at radius 2 is 0.976 bits per heavy atom. The van der Waals surface area contributed by atoms with Crippen LogP contribution in [0.25, 0.3) is 0 Å². The van der Waals surface area contributed by atoms with Crippen LogP contribution in [0.3, 0.4) is 0 Å². The molecule has 0 amide bonds. The van der Waals surface area contributed by atoms with Crippen LogP contribution in [-0.2, 0) is 4.52 Å². The molecule has 4 aromatic carbocycles. The van der Waals surface area contributed by atoms with Crippen molar-refractivity contribution in [3.63, 3.8) is 0 Å². The van der Waals surface area contributed by atoms with Gasteiger partial charge in [0, 0.05) is 0 Å². The minimum atomic E-state index is -6.82. The van der Waals surface area contributed by atoms with Crippen molar-refractivity contribution in [2.24, 2.45) is 4.99 Å². The van der Waals surface area contributed by atoms with Gasteiger partial charge in [0.25, 0.3) is 0 Å². The summed E-state index contributed by atoms with van der Waals surface area (Å²) in [6.07, 6.45) is 0. The summed E-state index contributed by atoms with van der Waals surface area (Å²) in [5.41, 5.74) is -0.200. The van der Waals surface area contributed by atoms with E-state index in [4.69, 9.17) is 41.3 Å². The summed E-state index contributed by atoms with van der Waals surface area (Å²) in [6, 6.07) is 25.1. The summed E-state index contributed by atoms with van der Waals surface area (Å²) in [4.78, 5) is 3.67. The molecule has 0 radical (unpaired) electrons. The van der Waals surface area contributed by atoms with Crippen molar-refractivity contribution in [2.45, 2.75) is 16.0 Å². The average molecular weight is 630 g/mol. The van der Waals surface area contributed by atoms with E-state index in [0.29, 0.717) is 0 Å². The Morgan fingerprint density at radius 3 is 1.32 bits per heavy atom. The molecule has 5 nitrogen and oxygen atoms in total. The van der Waals surface area contributed by atoms with Crippen molar-refractivity contribution in [2.75, 3.05) is 0 Å². The monoisotopic (exact) mass is 629 g/mol. The first kappa shape index (κ1) is 28.9. The first-order chi connectivity index (χ1) is 19.4. The van der Waals surface area contributed by atoms with Gasteiger partial charge in [-0.05, 0) is 0 Å². The van der Waals surface area contributed by atoms with Gasteiger partial charge < -0.3 is 0 Å². The predicted molar refractivity (Wildman–Crippen MR) is 146 cm³/mol. The first-order valence-electron chi connectivity index (χ1n) is 11.8. The molecular formula is C28H19Cl2F5NO4P. The van der Waals surface area contributed by atoms with E-state index in [1.165, 1.54) is 72.8 Å². The van der Waals surface area contributed by atoms with Crippen molar-refractivity contribution >= 4 is 36.6 Å². The van der Waals surface area contributed by atoms with Crippen LogP contribution in [-0.4, -0.2) is 21.9 Å². The molecule has 0 spiro atoms. The zero-order valence-electron chi connectivity index (χ0n) is 20.6. The number of benzene rings is 4. The molecule has 0 aliphatic carbocycles. The quantitative estimate of drug-likeness (QED) is 0.105. The van der Waals surface area contributed by atoms with E-state index in [0.717, 1.165) is 24.3 Å². The second kappa shape index (κ2) is 10.4. The Labute approximate surface area is 241 Å².